The zero-order valence-electron chi connectivity index (χ0n) is 19.2. The van der Waals surface area contributed by atoms with Crippen LogP contribution in [0.4, 0.5) is 0 Å². The maximum atomic E-state index is 13.6. The number of ketones is 1. The van der Waals surface area contributed by atoms with Crippen LogP contribution in [0.1, 0.15) is 83.4 Å². The lowest BCUT2D eigenvalue weighted by atomic mass is 9.45. The van der Waals surface area contributed by atoms with Crippen molar-refractivity contribution in [2.24, 2.45) is 34.5 Å². The largest absolute Gasteiger partial charge is 0.393 e. The lowest BCUT2D eigenvalue weighted by molar-refractivity contribution is -0.141. The van der Waals surface area contributed by atoms with Gasteiger partial charge in [0.15, 0.2) is 5.78 Å². The summed E-state index contributed by atoms with van der Waals surface area (Å²) in [5, 5.41) is 14.8. The standard InChI is InChI=1S/C26H38N2O2/c1-5-28-15-18(16(2)27-28)12-17-13-23-21-7-6-19-14-20(29)8-10-25(19,3)22(21)9-11-26(23,4)24(17)30/h12,15,19-23,29H,5-11,13-14H2,1-4H3/b17-12-/t19-,20-,21-,22+,23+,25-,26-/m0/s1. The molecule has 4 fully saturated rings. The van der Waals surface area contributed by atoms with E-state index in [0.29, 0.717) is 29.0 Å². The summed E-state index contributed by atoms with van der Waals surface area (Å²) < 4.78 is 1.96. The smallest absolute Gasteiger partial charge is 0.165 e. The number of allylic oxidation sites excluding steroid dienone is 1. The number of aromatic nitrogens is 2. The molecule has 0 aromatic carbocycles. The van der Waals surface area contributed by atoms with Crippen LogP contribution in [0.3, 0.4) is 0 Å². The van der Waals surface area contributed by atoms with Gasteiger partial charge in [-0.15, -0.1) is 0 Å². The van der Waals surface area contributed by atoms with Crippen LogP contribution in [-0.2, 0) is 11.3 Å². The molecule has 4 aliphatic rings. The Kier molecular flexibility index (Phi) is 4.81. The van der Waals surface area contributed by atoms with Crippen LogP contribution >= 0.6 is 0 Å². The van der Waals surface area contributed by atoms with Crippen LogP contribution < -0.4 is 0 Å². The minimum Gasteiger partial charge on any atom is -0.393 e. The number of aliphatic hydroxyl groups excluding tert-OH is 1. The highest BCUT2D eigenvalue weighted by Crippen LogP contribution is 2.66. The van der Waals surface area contributed by atoms with E-state index in [-0.39, 0.29) is 11.5 Å². The number of aryl methyl sites for hydroxylation is 2. The summed E-state index contributed by atoms with van der Waals surface area (Å²) in [5.41, 5.74) is 3.34. The number of aliphatic hydroxyl groups is 1. The zero-order valence-corrected chi connectivity index (χ0v) is 19.2. The van der Waals surface area contributed by atoms with Crippen molar-refractivity contribution in [2.75, 3.05) is 0 Å². The molecule has 4 saturated carbocycles. The second-order valence-corrected chi connectivity index (χ2v) is 11.3. The normalized spacial score (nSPS) is 44.6. The molecule has 0 unspecified atom stereocenters. The fourth-order valence-electron chi connectivity index (χ4n) is 8.06. The molecule has 1 aromatic rings. The van der Waals surface area contributed by atoms with Gasteiger partial charge in [-0.25, -0.2) is 0 Å². The van der Waals surface area contributed by atoms with Gasteiger partial charge >= 0.3 is 0 Å². The Labute approximate surface area is 181 Å². The first-order chi connectivity index (χ1) is 14.3. The molecule has 0 aliphatic heterocycles. The second kappa shape index (κ2) is 7.05. The maximum absolute atomic E-state index is 13.6. The predicted molar refractivity (Wildman–Crippen MR) is 119 cm³/mol. The minimum atomic E-state index is -0.182. The summed E-state index contributed by atoms with van der Waals surface area (Å²) in [6.45, 7) is 9.78. The van der Waals surface area contributed by atoms with Gasteiger partial charge in [-0.05, 0) is 106 Å². The van der Waals surface area contributed by atoms with Crippen LogP contribution in [-0.4, -0.2) is 26.8 Å². The van der Waals surface area contributed by atoms with E-state index in [0.717, 1.165) is 61.4 Å². The molecule has 0 saturated heterocycles. The molecule has 4 heteroatoms. The van der Waals surface area contributed by atoms with Gasteiger partial charge < -0.3 is 5.11 Å². The lowest BCUT2D eigenvalue weighted by Crippen LogP contribution is -2.54. The summed E-state index contributed by atoms with van der Waals surface area (Å²) in [6.07, 6.45) is 12.9. The molecule has 0 amide bonds. The molecule has 4 nitrogen and oxygen atoms in total. The number of hydrogen-bond acceptors (Lipinski definition) is 3. The van der Waals surface area contributed by atoms with Crippen LogP contribution in [0.25, 0.3) is 6.08 Å². The van der Waals surface area contributed by atoms with Gasteiger partial charge in [0.2, 0.25) is 0 Å². The van der Waals surface area contributed by atoms with Crippen LogP contribution in [0.2, 0.25) is 0 Å². The average molecular weight is 411 g/mol. The van der Waals surface area contributed by atoms with Gasteiger partial charge in [0.1, 0.15) is 0 Å². The molecular formula is C26H38N2O2. The van der Waals surface area contributed by atoms with Gasteiger partial charge in [-0.1, -0.05) is 13.8 Å². The van der Waals surface area contributed by atoms with E-state index in [1.807, 2.05) is 11.6 Å². The molecule has 5 rings (SSSR count). The molecule has 7 atom stereocenters. The molecule has 164 valence electrons. The van der Waals surface area contributed by atoms with Gasteiger partial charge in [-0.3, -0.25) is 9.48 Å². The highest BCUT2D eigenvalue weighted by Gasteiger charge is 2.61. The first-order valence-corrected chi connectivity index (χ1v) is 12.2. The van der Waals surface area contributed by atoms with E-state index in [9.17, 15) is 9.90 Å². The summed E-state index contributed by atoms with van der Waals surface area (Å²) in [5.74, 6) is 2.94. The molecule has 1 heterocycles. The fraction of sp³-hybridized carbons (Fsp3) is 0.769. The van der Waals surface area contributed by atoms with Crippen LogP contribution in [0, 0.1) is 41.4 Å². The molecule has 0 spiro atoms. The van der Waals surface area contributed by atoms with E-state index in [1.165, 1.54) is 19.3 Å². The van der Waals surface area contributed by atoms with Gasteiger partial charge in [-0.2, -0.15) is 5.10 Å². The maximum Gasteiger partial charge on any atom is 0.165 e. The summed E-state index contributed by atoms with van der Waals surface area (Å²) in [7, 11) is 0. The molecule has 0 bridgehead atoms. The Balaban J connectivity index is 1.45. The van der Waals surface area contributed by atoms with Crippen LogP contribution in [0.15, 0.2) is 11.8 Å². The van der Waals surface area contributed by atoms with E-state index >= 15 is 0 Å². The summed E-state index contributed by atoms with van der Waals surface area (Å²) in [4.78, 5) is 13.6. The first kappa shape index (κ1) is 20.5. The Morgan fingerprint density at radius 2 is 2.00 bits per heavy atom. The number of Topliss-reactive ketones (excluding diaryl/α,β-unsaturated/α-hetero) is 1. The van der Waals surface area contributed by atoms with E-state index in [4.69, 9.17) is 0 Å². The van der Waals surface area contributed by atoms with E-state index in [2.05, 4.69) is 38.1 Å². The molecule has 1 N–H and O–H groups in total. The summed E-state index contributed by atoms with van der Waals surface area (Å²) in [6, 6.07) is 0. The second-order valence-electron chi connectivity index (χ2n) is 11.3. The number of nitrogens with zero attached hydrogens (tertiary/aromatic N) is 2. The quantitative estimate of drug-likeness (QED) is 0.684. The number of carbonyl (C=O) groups excluding carboxylic acids is 1. The molecule has 30 heavy (non-hydrogen) atoms. The molecule has 0 radical (unpaired) electrons. The van der Waals surface area contributed by atoms with Crippen molar-refractivity contribution in [1.29, 1.82) is 0 Å². The molecular weight excluding hydrogens is 372 g/mol. The molecule has 1 aromatic heterocycles. The Morgan fingerprint density at radius 1 is 1.20 bits per heavy atom. The highest BCUT2D eigenvalue weighted by molar-refractivity contribution is 6.06. The van der Waals surface area contributed by atoms with Crippen molar-refractivity contribution in [3.63, 3.8) is 0 Å². The topological polar surface area (TPSA) is 55.1 Å². The van der Waals surface area contributed by atoms with E-state index < -0.39 is 0 Å². The highest BCUT2D eigenvalue weighted by atomic mass is 16.3. The van der Waals surface area contributed by atoms with Crippen LogP contribution in [0.5, 0.6) is 0 Å². The number of carbonyl (C=O) groups is 1. The minimum absolute atomic E-state index is 0.0941. The Hall–Kier alpha value is -1.42. The zero-order chi connectivity index (χ0) is 21.3. The first-order valence-electron chi connectivity index (χ1n) is 12.2. The van der Waals surface area contributed by atoms with Crippen molar-refractivity contribution in [1.82, 2.24) is 9.78 Å². The van der Waals surface area contributed by atoms with Gasteiger partial charge in [0.25, 0.3) is 0 Å². The predicted octanol–water partition coefficient (Wildman–Crippen LogP) is 5.18. The Bertz CT molecular complexity index is 886. The van der Waals surface area contributed by atoms with Gasteiger partial charge in [0, 0.05) is 23.7 Å². The number of rotatable bonds is 2. The van der Waals surface area contributed by atoms with Crippen molar-refractivity contribution < 1.29 is 9.90 Å². The third-order valence-corrected chi connectivity index (χ3v) is 9.92. The van der Waals surface area contributed by atoms with Crippen molar-refractivity contribution in [2.45, 2.75) is 91.7 Å². The monoisotopic (exact) mass is 410 g/mol. The third-order valence-electron chi connectivity index (χ3n) is 9.92. The Morgan fingerprint density at radius 3 is 2.73 bits per heavy atom. The van der Waals surface area contributed by atoms with Crippen molar-refractivity contribution in [3.8, 4) is 0 Å². The molecule has 4 aliphatic carbocycles. The lowest BCUT2D eigenvalue weighted by Gasteiger charge is -2.59. The van der Waals surface area contributed by atoms with Crippen molar-refractivity contribution >= 4 is 11.9 Å². The van der Waals surface area contributed by atoms with Gasteiger partial charge in [0.05, 0.1) is 11.8 Å². The van der Waals surface area contributed by atoms with Crippen molar-refractivity contribution in [3.05, 3.63) is 23.0 Å². The summed E-state index contributed by atoms with van der Waals surface area (Å²) >= 11 is 0. The number of fused-ring (bicyclic) bond motifs is 5. The SMILES string of the molecule is CCn1cc(/C=C2/C[C@@H]3[C@H]4CC[C@H]5C[C@@H](O)CC[C@]5(C)[C@@H]4CC[C@]3(C)C2=O)c(C)n1. The number of hydrogen-bond donors (Lipinski definition) is 1. The fourth-order valence-corrected chi connectivity index (χ4v) is 8.06. The average Bonchev–Trinajstić information content (AvgIpc) is 3.20. The van der Waals surface area contributed by atoms with E-state index in [1.54, 1.807) is 0 Å². The third kappa shape index (κ3) is 2.89.